The Balaban J connectivity index is 2.51. The van der Waals surface area contributed by atoms with Crippen LogP contribution in [0.1, 0.15) is 27.1 Å². The van der Waals surface area contributed by atoms with Gasteiger partial charge in [-0.15, -0.1) is 0 Å². The smallest absolute Gasteiger partial charge is 0.337 e. The van der Waals surface area contributed by atoms with Crippen LogP contribution in [0.5, 0.6) is 0 Å². The Morgan fingerprint density at radius 2 is 1.79 bits per heavy atom. The van der Waals surface area contributed by atoms with E-state index in [1.165, 1.54) is 12.1 Å². The molecule has 7 heteroatoms. The van der Waals surface area contributed by atoms with Gasteiger partial charge in [0.15, 0.2) is 5.78 Å². The lowest BCUT2D eigenvalue weighted by Crippen LogP contribution is -2.26. The minimum absolute atomic E-state index is 0.0355. The van der Waals surface area contributed by atoms with Crippen LogP contribution in [-0.2, 0) is 9.59 Å². The molecule has 19 heavy (non-hydrogen) atoms. The van der Waals surface area contributed by atoms with E-state index >= 15 is 0 Å². The lowest BCUT2D eigenvalue weighted by molar-refractivity contribution is -0.121. The van der Waals surface area contributed by atoms with Crippen LogP contribution in [0.25, 0.3) is 0 Å². The highest BCUT2D eigenvalue weighted by Crippen LogP contribution is 2.25. The molecule has 0 bridgehead atoms. The van der Waals surface area contributed by atoms with Crippen LogP contribution in [0.3, 0.4) is 0 Å². The van der Waals surface area contributed by atoms with Gasteiger partial charge in [0.1, 0.15) is 0 Å². The van der Waals surface area contributed by atoms with Crippen molar-refractivity contribution in [3.05, 3.63) is 29.3 Å². The van der Waals surface area contributed by atoms with Gasteiger partial charge in [0.2, 0.25) is 5.91 Å². The Morgan fingerprint density at radius 3 is 2.26 bits per heavy atom. The largest absolute Gasteiger partial charge is 0.478 e. The monoisotopic (exact) mass is 263 g/mol. The number of rotatable bonds is 3. The van der Waals surface area contributed by atoms with Crippen LogP contribution < -0.4 is 4.90 Å². The first-order valence-electron chi connectivity index (χ1n) is 5.33. The number of hydrogen-bond acceptors (Lipinski definition) is 4. The molecule has 0 unspecified atom stereocenters. The van der Waals surface area contributed by atoms with Gasteiger partial charge in [-0.05, 0) is 18.2 Å². The van der Waals surface area contributed by atoms with Crippen molar-refractivity contribution in [1.82, 2.24) is 0 Å². The van der Waals surface area contributed by atoms with Gasteiger partial charge in [-0.2, -0.15) is 0 Å². The normalized spacial score (nSPS) is 14.8. The standard InChI is InChI=1S/C12H9NO6/c14-7-4-10(15)13(5-7)9-2-1-6(11(16)17)3-8(9)12(18)19/h1-3H,4-5H2,(H,16,17)(H,18,19). The molecule has 0 aromatic heterocycles. The maximum atomic E-state index is 11.6. The van der Waals surface area contributed by atoms with Gasteiger partial charge in [0.05, 0.1) is 29.8 Å². The SMILES string of the molecule is O=C1CC(=O)N(c2ccc(C(=O)O)cc2C(=O)O)C1. The van der Waals surface area contributed by atoms with Crippen molar-refractivity contribution in [2.75, 3.05) is 11.4 Å². The van der Waals surface area contributed by atoms with Gasteiger partial charge < -0.3 is 15.1 Å². The first kappa shape index (κ1) is 12.7. The average Bonchev–Trinajstić information content (AvgIpc) is 2.67. The van der Waals surface area contributed by atoms with Crippen LogP contribution in [0, 0.1) is 0 Å². The summed E-state index contributed by atoms with van der Waals surface area (Å²) >= 11 is 0. The molecule has 0 spiro atoms. The second-order valence-electron chi connectivity index (χ2n) is 4.04. The Morgan fingerprint density at radius 1 is 1.11 bits per heavy atom. The molecule has 0 atom stereocenters. The van der Waals surface area contributed by atoms with Crippen LogP contribution in [-0.4, -0.2) is 40.4 Å². The quantitative estimate of drug-likeness (QED) is 0.763. The molecule has 0 aliphatic carbocycles. The number of carbonyl (C=O) groups is 4. The van der Waals surface area contributed by atoms with E-state index < -0.39 is 17.8 Å². The Hall–Kier alpha value is -2.70. The van der Waals surface area contributed by atoms with Gasteiger partial charge in [0, 0.05) is 0 Å². The molecule has 98 valence electrons. The van der Waals surface area contributed by atoms with Crippen molar-refractivity contribution in [2.24, 2.45) is 0 Å². The molecule has 1 heterocycles. The van der Waals surface area contributed by atoms with E-state index in [0.717, 1.165) is 11.0 Å². The highest BCUT2D eigenvalue weighted by molar-refractivity contribution is 6.16. The summed E-state index contributed by atoms with van der Waals surface area (Å²) in [6.45, 7) is -0.189. The van der Waals surface area contributed by atoms with E-state index in [-0.39, 0.29) is 35.6 Å². The molecule has 1 saturated heterocycles. The summed E-state index contributed by atoms with van der Waals surface area (Å²) in [5, 5.41) is 17.9. The van der Waals surface area contributed by atoms with E-state index in [1.807, 2.05) is 0 Å². The molecule has 0 radical (unpaired) electrons. The Labute approximate surface area is 107 Å². The zero-order valence-corrected chi connectivity index (χ0v) is 9.62. The van der Waals surface area contributed by atoms with E-state index in [1.54, 1.807) is 0 Å². The zero-order valence-electron chi connectivity index (χ0n) is 9.62. The summed E-state index contributed by atoms with van der Waals surface area (Å²) in [5.41, 5.74) is -0.476. The summed E-state index contributed by atoms with van der Waals surface area (Å²) in [6.07, 6.45) is -0.264. The number of Topliss-reactive ketones (excluding diaryl/α,β-unsaturated/α-hetero) is 1. The van der Waals surface area contributed by atoms with Crippen molar-refractivity contribution in [3.8, 4) is 0 Å². The van der Waals surface area contributed by atoms with Gasteiger partial charge >= 0.3 is 11.9 Å². The molecule has 2 N–H and O–H groups in total. The molecule has 2 rings (SSSR count). The summed E-state index contributed by atoms with van der Waals surface area (Å²) in [4.78, 5) is 45.7. The van der Waals surface area contributed by atoms with Gasteiger partial charge in [0.25, 0.3) is 0 Å². The lowest BCUT2D eigenvalue weighted by Gasteiger charge is -2.17. The fourth-order valence-corrected chi connectivity index (χ4v) is 1.88. The number of carbonyl (C=O) groups excluding carboxylic acids is 2. The number of aromatic carboxylic acids is 2. The molecular formula is C12H9NO6. The Bertz CT molecular complexity index is 606. The third-order valence-electron chi connectivity index (χ3n) is 2.75. The van der Waals surface area contributed by atoms with Gasteiger partial charge in [-0.25, -0.2) is 9.59 Å². The van der Waals surface area contributed by atoms with Crippen LogP contribution in [0.4, 0.5) is 5.69 Å². The molecule has 7 nitrogen and oxygen atoms in total. The van der Waals surface area contributed by atoms with Crippen LogP contribution in [0.2, 0.25) is 0 Å². The molecule has 1 aliphatic rings. The van der Waals surface area contributed by atoms with E-state index in [4.69, 9.17) is 10.2 Å². The van der Waals surface area contributed by atoms with Crippen LogP contribution >= 0.6 is 0 Å². The van der Waals surface area contributed by atoms with E-state index in [0.29, 0.717) is 0 Å². The molecule has 1 fully saturated rings. The third-order valence-corrected chi connectivity index (χ3v) is 2.75. The maximum absolute atomic E-state index is 11.6. The third kappa shape index (κ3) is 2.30. The topological polar surface area (TPSA) is 112 Å². The number of carboxylic acids is 2. The molecule has 0 saturated carbocycles. The molecule has 1 aromatic rings. The number of ketones is 1. The maximum Gasteiger partial charge on any atom is 0.337 e. The highest BCUT2D eigenvalue weighted by atomic mass is 16.4. The van der Waals surface area contributed by atoms with Crippen molar-refractivity contribution in [2.45, 2.75) is 6.42 Å². The number of hydrogen-bond donors (Lipinski definition) is 2. The number of nitrogens with zero attached hydrogens (tertiary/aromatic N) is 1. The molecule has 1 amide bonds. The second kappa shape index (κ2) is 4.52. The summed E-state index contributed by atoms with van der Waals surface area (Å²) in [7, 11) is 0. The fourth-order valence-electron chi connectivity index (χ4n) is 1.88. The number of anilines is 1. The second-order valence-corrected chi connectivity index (χ2v) is 4.04. The van der Waals surface area contributed by atoms with Crippen molar-refractivity contribution >= 4 is 29.3 Å². The zero-order chi connectivity index (χ0) is 14.2. The summed E-state index contributed by atoms with van der Waals surface area (Å²) in [5.74, 6) is -3.41. The van der Waals surface area contributed by atoms with Gasteiger partial charge in [-0.3, -0.25) is 9.59 Å². The van der Waals surface area contributed by atoms with Gasteiger partial charge in [-0.1, -0.05) is 0 Å². The van der Waals surface area contributed by atoms with Crippen molar-refractivity contribution in [1.29, 1.82) is 0 Å². The minimum atomic E-state index is -1.36. The lowest BCUT2D eigenvalue weighted by atomic mass is 10.1. The van der Waals surface area contributed by atoms with Crippen molar-refractivity contribution in [3.63, 3.8) is 0 Å². The fraction of sp³-hybridized carbons (Fsp3) is 0.167. The minimum Gasteiger partial charge on any atom is -0.478 e. The van der Waals surface area contributed by atoms with Crippen LogP contribution in [0.15, 0.2) is 18.2 Å². The number of benzene rings is 1. The first-order valence-corrected chi connectivity index (χ1v) is 5.33. The summed E-state index contributed by atoms with van der Waals surface area (Å²) in [6, 6.07) is 3.39. The highest BCUT2D eigenvalue weighted by Gasteiger charge is 2.31. The van der Waals surface area contributed by atoms with E-state index in [9.17, 15) is 19.2 Å². The van der Waals surface area contributed by atoms with E-state index in [2.05, 4.69) is 0 Å². The number of carboxylic acid groups (broad SMARTS) is 2. The molecule has 1 aliphatic heterocycles. The summed E-state index contributed by atoms with van der Waals surface area (Å²) < 4.78 is 0. The Kier molecular flexibility index (Phi) is 3.04. The number of amides is 1. The predicted molar refractivity (Wildman–Crippen MR) is 62.3 cm³/mol. The predicted octanol–water partition coefficient (Wildman–Crippen LogP) is 0.389. The molecule has 1 aromatic carbocycles. The molecular weight excluding hydrogens is 254 g/mol. The van der Waals surface area contributed by atoms with Crippen molar-refractivity contribution < 1.29 is 29.4 Å². The average molecular weight is 263 g/mol. The first-order chi connectivity index (χ1) is 8.90.